The summed E-state index contributed by atoms with van der Waals surface area (Å²) in [5.41, 5.74) is 2.16. The zero-order valence-corrected chi connectivity index (χ0v) is 9.23. The molecule has 0 unspecified atom stereocenters. The number of aryl methyl sites for hydroxylation is 2. The first kappa shape index (κ1) is 9.27. The van der Waals surface area contributed by atoms with Crippen molar-refractivity contribution in [1.29, 1.82) is 0 Å². The van der Waals surface area contributed by atoms with Crippen LogP contribution in [-0.4, -0.2) is 12.0 Å². The number of nitrogens with one attached hydrogen (secondary N) is 1. The van der Waals surface area contributed by atoms with Crippen molar-refractivity contribution >= 4 is 17.4 Å². The number of nitrogens with zero attached hydrogens (tertiary/aromatic N) is 1. The Bertz CT molecular complexity index is 445. The molecule has 74 valence electrons. The minimum Gasteiger partial charge on any atom is -0.422 e. The lowest BCUT2D eigenvalue weighted by molar-refractivity contribution is 0.590. The van der Waals surface area contributed by atoms with Crippen molar-refractivity contribution in [2.75, 3.05) is 12.4 Å². The predicted molar refractivity (Wildman–Crippen MR) is 58.8 cm³/mol. The van der Waals surface area contributed by atoms with Gasteiger partial charge < -0.3 is 9.73 Å². The van der Waals surface area contributed by atoms with Crippen molar-refractivity contribution in [2.45, 2.75) is 13.8 Å². The van der Waals surface area contributed by atoms with E-state index in [1.807, 2.05) is 6.92 Å². The largest absolute Gasteiger partial charge is 0.422 e. The quantitative estimate of drug-likeness (QED) is 0.824. The van der Waals surface area contributed by atoms with Gasteiger partial charge in [0.25, 0.3) is 6.01 Å². The van der Waals surface area contributed by atoms with Gasteiger partial charge in [-0.25, -0.2) is 0 Å². The van der Waals surface area contributed by atoms with Gasteiger partial charge in [-0.05, 0) is 30.9 Å². The number of hydrogen-bond donors (Lipinski definition) is 1. The van der Waals surface area contributed by atoms with Gasteiger partial charge >= 0.3 is 0 Å². The van der Waals surface area contributed by atoms with E-state index in [0.717, 1.165) is 16.3 Å². The summed E-state index contributed by atoms with van der Waals surface area (Å²) in [6.45, 7) is 4.03. The average Bonchev–Trinajstić information content (AvgIpc) is 2.72. The Morgan fingerprint density at radius 1 is 1.43 bits per heavy atom. The summed E-state index contributed by atoms with van der Waals surface area (Å²) in [5, 5.41) is 4.96. The van der Waals surface area contributed by atoms with Crippen LogP contribution >= 0.6 is 11.3 Å². The molecule has 0 atom stereocenters. The van der Waals surface area contributed by atoms with Gasteiger partial charge in [0.2, 0.25) is 0 Å². The number of hydrogen-bond acceptors (Lipinski definition) is 4. The van der Waals surface area contributed by atoms with E-state index in [2.05, 4.69) is 28.7 Å². The van der Waals surface area contributed by atoms with Crippen LogP contribution < -0.4 is 5.32 Å². The standard InChI is InChI=1S/C10H12N2OS/c1-6-4-5-14-9(6)8-7(2)12-10(11-3)13-8/h4-5H,1-3H3,(H,11,12). The first-order valence-electron chi connectivity index (χ1n) is 4.42. The predicted octanol–water partition coefficient (Wildman–Crippen LogP) is 3.06. The normalized spacial score (nSPS) is 10.5. The van der Waals surface area contributed by atoms with E-state index in [1.165, 1.54) is 5.56 Å². The summed E-state index contributed by atoms with van der Waals surface area (Å²) < 4.78 is 5.58. The lowest BCUT2D eigenvalue weighted by atomic mass is 10.2. The second kappa shape index (κ2) is 3.46. The Hall–Kier alpha value is -1.29. The summed E-state index contributed by atoms with van der Waals surface area (Å²) in [6, 6.07) is 2.66. The highest BCUT2D eigenvalue weighted by molar-refractivity contribution is 7.13. The smallest absolute Gasteiger partial charge is 0.295 e. The van der Waals surface area contributed by atoms with Crippen LogP contribution in [0.1, 0.15) is 11.3 Å². The number of oxazole rings is 1. The van der Waals surface area contributed by atoms with Gasteiger partial charge in [-0.15, -0.1) is 11.3 Å². The first-order chi connectivity index (χ1) is 6.72. The van der Waals surface area contributed by atoms with E-state index in [1.54, 1.807) is 18.4 Å². The highest BCUT2D eigenvalue weighted by atomic mass is 32.1. The topological polar surface area (TPSA) is 38.1 Å². The Morgan fingerprint density at radius 3 is 2.71 bits per heavy atom. The molecule has 0 saturated heterocycles. The fourth-order valence-corrected chi connectivity index (χ4v) is 2.28. The fourth-order valence-electron chi connectivity index (χ4n) is 1.32. The summed E-state index contributed by atoms with van der Waals surface area (Å²) in [4.78, 5) is 5.42. The molecule has 0 radical (unpaired) electrons. The number of aromatic nitrogens is 1. The molecule has 0 fully saturated rings. The molecule has 1 N–H and O–H groups in total. The Balaban J connectivity index is 2.51. The molecular weight excluding hydrogens is 196 g/mol. The van der Waals surface area contributed by atoms with Gasteiger partial charge in [0, 0.05) is 7.05 Å². The van der Waals surface area contributed by atoms with E-state index in [-0.39, 0.29) is 0 Å². The molecule has 3 nitrogen and oxygen atoms in total. The molecule has 0 bridgehead atoms. The van der Waals surface area contributed by atoms with Gasteiger partial charge in [-0.1, -0.05) is 0 Å². The maximum atomic E-state index is 5.58. The number of anilines is 1. The third-order valence-corrected chi connectivity index (χ3v) is 3.09. The summed E-state index contributed by atoms with van der Waals surface area (Å²) in [7, 11) is 1.80. The van der Waals surface area contributed by atoms with E-state index in [4.69, 9.17) is 4.42 Å². The van der Waals surface area contributed by atoms with Crippen LogP contribution in [0.2, 0.25) is 0 Å². The van der Waals surface area contributed by atoms with Gasteiger partial charge in [0.1, 0.15) is 0 Å². The SMILES string of the molecule is CNc1nc(C)c(-c2sccc2C)o1. The molecule has 0 aliphatic heterocycles. The Labute approximate surface area is 86.8 Å². The zero-order valence-electron chi connectivity index (χ0n) is 8.42. The molecule has 2 aromatic heterocycles. The number of rotatable bonds is 2. The third kappa shape index (κ3) is 1.42. The van der Waals surface area contributed by atoms with Crippen LogP contribution in [0.5, 0.6) is 0 Å². The van der Waals surface area contributed by atoms with Gasteiger partial charge in [-0.2, -0.15) is 4.98 Å². The minimum atomic E-state index is 0.574. The minimum absolute atomic E-state index is 0.574. The summed E-state index contributed by atoms with van der Waals surface area (Å²) in [6.07, 6.45) is 0. The maximum Gasteiger partial charge on any atom is 0.295 e. The molecule has 0 spiro atoms. The van der Waals surface area contributed by atoms with Gasteiger partial charge in [-0.3, -0.25) is 0 Å². The van der Waals surface area contributed by atoms with Crippen LogP contribution in [0.3, 0.4) is 0 Å². The first-order valence-corrected chi connectivity index (χ1v) is 5.30. The second-order valence-corrected chi connectivity index (χ2v) is 4.03. The van der Waals surface area contributed by atoms with Crippen LogP contribution in [0.4, 0.5) is 6.01 Å². The van der Waals surface area contributed by atoms with E-state index < -0.39 is 0 Å². The molecule has 0 aliphatic rings. The monoisotopic (exact) mass is 208 g/mol. The fraction of sp³-hybridized carbons (Fsp3) is 0.300. The van der Waals surface area contributed by atoms with Crippen molar-refractivity contribution in [3.8, 4) is 10.6 Å². The molecule has 2 aromatic rings. The molecule has 14 heavy (non-hydrogen) atoms. The molecular formula is C10H12N2OS. The van der Waals surface area contributed by atoms with Crippen LogP contribution in [0.15, 0.2) is 15.9 Å². The maximum absolute atomic E-state index is 5.58. The van der Waals surface area contributed by atoms with E-state index >= 15 is 0 Å². The molecule has 4 heteroatoms. The highest BCUT2D eigenvalue weighted by Gasteiger charge is 2.13. The average molecular weight is 208 g/mol. The molecule has 0 aliphatic carbocycles. The zero-order chi connectivity index (χ0) is 10.1. The van der Waals surface area contributed by atoms with Gasteiger partial charge in [0.05, 0.1) is 10.6 Å². The molecule has 0 aromatic carbocycles. The van der Waals surface area contributed by atoms with Crippen molar-refractivity contribution in [3.05, 3.63) is 22.7 Å². The second-order valence-electron chi connectivity index (χ2n) is 3.12. The van der Waals surface area contributed by atoms with Gasteiger partial charge in [0.15, 0.2) is 5.76 Å². The Kier molecular flexibility index (Phi) is 2.29. The van der Waals surface area contributed by atoms with Crippen LogP contribution in [-0.2, 0) is 0 Å². The molecule has 2 rings (SSSR count). The molecule has 2 heterocycles. The van der Waals surface area contributed by atoms with Crippen molar-refractivity contribution in [3.63, 3.8) is 0 Å². The number of thiophene rings is 1. The lowest BCUT2D eigenvalue weighted by Gasteiger charge is -1.94. The lowest BCUT2D eigenvalue weighted by Crippen LogP contribution is -1.85. The third-order valence-electron chi connectivity index (χ3n) is 2.08. The van der Waals surface area contributed by atoms with E-state index in [0.29, 0.717) is 6.01 Å². The summed E-state index contributed by atoms with van der Waals surface area (Å²) in [5.74, 6) is 0.877. The highest BCUT2D eigenvalue weighted by Crippen LogP contribution is 2.33. The van der Waals surface area contributed by atoms with Crippen molar-refractivity contribution in [2.24, 2.45) is 0 Å². The van der Waals surface area contributed by atoms with E-state index in [9.17, 15) is 0 Å². The van der Waals surface area contributed by atoms with Crippen LogP contribution in [0.25, 0.3) is 10.6 Å². The van der Waals surface area contributed by atoms with Crippen molar-refractivity contribution < 1.29 is 4.42 Å². The van der Waals surface area contributed by atoms with Crippen LogP contribution in [0, 0.1) is 13.8 Å². The van der Waals surface area contributed by atoms with Crippen molar-refractivity contribution in [1.82, 2.24) is 4.98 Å². The molecule has 0 amide bonds. The Morgan fingerprint density at radius 2 is 2.21 bits per heavy atom. The summed E-state index contributed by atoms with van der Waals surface area (Å²) >= 11 is 1.68. The molecule has 0 saturated carbocycles.